The molecule has 2 saturated heterocycles. The Balaban J connectivity index is 1.17. The topological polar surface area (TPSA) is 66.6 Å². The van der Waals surface area contributed by atoms with Crippen molar-refractivity contribution in [3.05, 3.63) is 58.8 Å². The number of carbonyl (C=O) groups excluding carboxylic acids is 1. The normalized spacial score (nSPS) is 20.4. The Morgan fingerprint density at radius 3 is 2.66 bits per heavy atom. The van der Waals surface area contributed by atoms with Crippen molar-refractivity contribution in [2.75, 3.05) is 45.3 Å². The van der Waals surface area contributed by atoms with Gasteiger partial charge in [-0.25, -0.2) is 0 Å². The molecule has 184 valence electrons. The third-order valence-corrected chi connectivity index (χ3v) is 8.43. The zero-order valence-corrected chi connectivity index (χ0v) is 20.9. The second-order valence-electron chi connectivity index (χ2n) is 10.9. The monoisotopic (exact) mass is 473 g/mol. The van der Waals surface area contributed by atoms with Crippen molar-refractivity contribution in [1.29, 1.82) is 0 Å². The van der Waals surface area contributed by atoms with E-state index in [4.69, 9.17) is 9.47 Å². The largest absolute Gasteiger partial charge is 0.494 e. The van der Waals surface area contributed by atoms with Gasteiger partial charge in [0.25, 0.3) is 0 Å². The van der Waals surface area contributed by atoms with Crippen LogP contribution in [0.1, 0.15) is 60.3 Å². The number of carbonyl (C=O) groups is 1. The molecule has 3 aromatic rings. The number of fused-ring (bicyclic) bond motifs is 4. The number of piperidine rings is 1. The van der Waals surface area contributed by atoms with Crippen LogP contribution in [0.5, 0.6) is 5.75 Å². The molecule has 2 aliphatic heterocycles. The lowest BCUT2D eigenvalue weighted by molar-refractivity contribution is -0.0742. The van der Waals surface area contributed by atoms with E-state index >= 15 is 0 Å². The van der Waals surface area contributed by atoms with Gasteiger partial charge in [0.2, 0.25) is 0 Å². The minimum absolute atomic E-state index is 0.0907. The van der Waals surface area contributed by atoms with E-state index in [2.05, 4.69) is 41.2 Å². The molecule has 2 fully saturated rings. The standard InChI is InChI=1S/C29H35N3O3/c1-29(2)24-15-21(35-13-10-18-8-11-32(12-9-18)20-16-34-17-20)5-7-22(24)27(33)26-23-6-4-19(30-3)14-25(23)31-28(26)29/h4-7,14-15,18,20,30-31H,8-13,16-17H2,1-3H3. The summed E-state index contributed by atoms with van der Waals surface area (Å²) in [5.41, 5.74) is 5.28. The lowest BCUT2D eigenvalue weighted by atomic mass is 9.71. The third-order valence-electron chi connectivity index (χ3n) is 8.43. The number of ketones is 1. The molecule has 0 saturated carbocycles. The van der Waals surface area contributed by atoms with Gasteiger partial charge in [0.05, 0.1) is 31.4 Å². The van der Waals surface area contributed by atoms with Crippen molar-refractivity contribution < 1.29 is 14.3 Å². The summed E-state index contributed by atoms with van der Waals surface area (Å²) >= 11 is 0. The van der Waals surface area contributed by atoms with Crippen LogP contribution in [0.2, 0.25) is 0 Å². The maximum atomic E-state index is 13.6. The van der Waals surface area contributed by atoms with Crippen LogP contribution in [-0.2, 0) is 10.2 Å². The van der Waals surface area contributed by atoms with Gasteiger partial charge in [-0.1, -0.05) is 19.9 Å². The van der Waals surface area contributed by atoms with Gasteiger partial charge in [-0.2, -0.15) is 0 Å². The Morgan fingerprint density at radius 2 is 1.94 bits per heavy atom. The number of rotatable bonds is 6. The zero-order valence-electron chi connectivity index (χ0n) is 20.9. The van der Waals surface area contributed by atoms with Gasteiger partial charge in [0, 0.05) is 40.3 Å². The summed E-state index contributed by atoms with van der Waals surface area (Å²) in [6.07, 6.45) is 3.56. The minimum atomic E-state index is -0.325. The molecule has 0 atom stereocenters. The summed E-state index contributed by atoms with van der Waals surface area (Å²) in [4.78, 5) is 19.7. The van der Waals surface area contributed by atoms with Crippen LogP contribution >= 0.6 is 0 Å². The van der Waals surface area contributed by atoms with Crippen LogP contribution < -0.4 is 10.1 Å². The van der Waals surface area contributed by atoms with Crippen molar-refractivity contribution in [3.63, 3.8) is 0 Å². The molecule has 0 spiro atoms. The summed E-state index contributed by atoms with van der Waals surface area (Å²) in [5.74, 6) is 1.66. The smallest absolute Gasteiger partial charge is 0.195 e. The number of hydrogen-bond donors (Lipinski definition) is 2. The first-order valence-electron chi connectivity index (χ1n) is 12.9. The first-order valence-corrected chi connectivity index (χ1v) is 12.9. The summed E-state index contributed by atoms with van der Waals surface area (Å²) in [7, 11) is 1.91. The van der Waals surface area contributed by atoms with E-state index in [1.807, 2.05) is 31.3 Å². The predicted molar refractivity (Wildman–Crippen MR) is 139 cm³/mol. The number of H-pyrrole nitrogens is 1. The Kier molecular flexibility index (Phi) is 5.61. The summed E-state index contributed by atoms with van der Waals surface area (Å²) in [6, 6.07) is 12.8. The van der Waals surface area contributed by atoms with Gasteiger partial charge in [-0.3, -0.25) is 9.69 Å². The molecular weight excluding hydrogens is 438 g/mol. The highest BCUT2D eigenvalue weighted by atomic mass is 16.5. The van der Waals surface area contributed by atoms with Gasteiger partial charge in [-0.05, 0) is 74.2 Å². The number of aromatic nitrogens is 1. The summed E-state index contributed by atoms with van der Waals surface area (Å²) < 4.78 is 11.6. The molecule has 35 heavy (non-hydrogen) atoms. The maximum Gasteiger partial charge on any atom is 0.195 e. The van der Waals surface area contributed by atoms with E-state index in [-0.39, 0.29) is 11.2 Å². The quantitative estimate of drug-likeness (QED) is 0.530. The van der Waals surface area contributed by atoms with Gasteiger partial charge in [-0.15, -0.1) is 0 Å². The van der Waals surface area contributed by atoms with E-state index in [1.165, 1.54) is 25.9 Å². The lowest BCUT2D eigenvalue weighted by Gasteiger charge is -2.41. The molecule has 0 unspecified atom stereocenters. The van der Waals surface area contributed by atoms with E-state index < -0.39 is 0 Å². The molecule has 6 heteroatoms. The highest BCUT2D eigenvalue weighted by Gasteiger charge is 2.40. The average molecular weight is 474 g/mol. The number of nitrogens with zero attached hydrogens (tertiary/aromatic N) is 1. The molecular formula is C29H35N3O3. The van der Waals surface area contributed by atoms with Crippen LogP contribution in [-0.4, -0.2) is 61.7 Å². The van der Waals surface area contributed by atoms with E-state index in [0.717, 1.165) is 76.9 Å². The van der Waals surface area contributed by atoms with Crippen LogP contribution in [0.4, 0.5) is 5.69 Å². The molecule has 2 aromatic carbocycles. The number of ether oxygens (including phenoxy) is 2. The highest BCUT2D eigenvalue weighted by molar-refractivity contribution is 6.20. The first-order chi connectivity index (χ1) is 17.0. The number of hydrogen-bond acceptors (Lipinski definition) is 5. The zero-order chi connectivity index (χ0) is 24.2. The fraction of sp³-hybridized carbons (Fsp3) is 0.483. The number of benzene rings is 2. The second-order valence-corrected chi connectivity index (χ2v) is 10.9. The van der Waals surface area contributed by atoms with Crippen molar-refractivity contribution in [1.82, 2.24) is 9.88 Å². The molecule has 1 aliphatic carbocycles. The first kappa shape index (κ1) is 22.6. The Labute approximate surface area is 207 Å². The SMILES string of the molecule is CNc1ccc2c3c([nH]c2c1)C(C)(C)c1cc(OCCC2CCN(C4COC4)CC2)ccc1C3=O. The van der Waals surface area contributed by atoms with Gasteiger partial charge in [0.1, 0.15) is 5.75 Å². The minimum Gasteiger partial charge on any atom is -0.494 e. The van der Waals surface area contributed by atoms with E-state index in [0.29, 0.717) is 6.04 Å². The number of likely N-dealkylation sites (tertiary alicyclic amines) is 1. The van der Waals surface area contributed by atoms with Crippen molar-refractivity contribution in [3.8, 4) is 5.75 Å². The fourth-order valence-corrected chi connectivity index (χ4v) is 6.04. The summed E-state index contributed by atoms with van der Waals surface area (Å²) in [5, 5.41) is 4.17. The number of nitrogens with one attached hydrogen (secondary N) is 2. The van der Waals surface area contributed by atoms with Crippen LogP contribution in [0.25, 0.3) is 10.9 Å². The average Bonchev–Trinajstić information content (AvgIpc) is 3.23. The molecule has 0 bridgehead atoms. The van der Waals surface area contributed by atoms with Crippen molar-refractivity contribution in [2.24, 2.45) is 5.92 Å². The molecule has 0 amide bonds. The molecule has 6 rings (SSSR count). The van der Waals surface area contributed by atoms with Crippen LogP contribution in [0.3, 0.4) is 0 Å². The highest BCUT2D eigenvalue weighted by Crippen LogP contribution is 2.45. The molecule has 3 aliphatic rings. The predicted octanol–water partition coefficient (Wildman–Crippen LogP) is 4.96. The molecule has 3 heterocycles. The molecule has 6 nitrogen and oxygen atoms in total. The van der Waals surface area contributed by atoms with Gasteiger partial charge >= 0.3 is 0 Å². The fourth-order valence-electron chi connectivity index (χ4n) is 6.04. The Morgan fingerprint density at radius 1 is 1.14 bits per heavy atom. The van der Waals surface area contributed by atoms with Gasteiger partial charge < -0.3 is 19.8 Å². The van der Waals surface area contributed by atoms with E-state index in [1.54, 1.807) is 0 Å². The van der Waals surface area contributed by atoms with E-state index in [9.17, 15) is 4.79 Å². The van der Waals surface area contributed by atoms with Crippen LogP contribution in [0, 0.1) is 5.92 Å². The molecule has 1 aromatic heterocycles. The molecule has 0 radical (unpaired) electrons. The number of anilines is 1. The second kappa shape index (κ2) is 8.68. The lowest BCUT2D eigenvalue weighted by Crippen LogP contribution is -2.51. The molecule has 2 N–H and O–H groups in total. The van der Waals surface area contributed by atoms with Crippen LogP contribution in [0.15, 0.2) is 36.4 Å². The van der Waals surface area contributed by atoms with Crippen molar-refractivity contribution >= 4 is 22.4 Å². The van der Waals surface area contributed by atoms with Crippen molar-refractivity contribution in [2.45, 2.75) is 44.6 Å². The van der Waals surface area contributed by atoms with Gasteiger partial charge in [0.15, 0.2) is 5.78 Å². The third kappa shape index (κ3) is 3.83. The Hall–Kier alpha value is -2.83. The maximum absolute atomic E-state index is 13.6. The number of aromatic amines is 1. The Bertz CT molecular complexity index is 1270. The summed E-state index contributed by atoms with van der Waals surface area (Å²) in [6.45, 7) is 9.26.